The number of nitrogens with zero attached hydrogens (tertiary/aromatic N) is 4. The fourth-order valence-electron chi connectivity index (χ4n) is 4.82. The minimum absolute atomic E-state index is 0.0308. The summed E-state index contributed by atoms with van der Waals surface area (Å²) < 4.78 is 1.92. The van der Waals surface area contributed by atoms with Crippen LogP contribution in [0.2, 0.25) is 0 Å². The number of piperidine rings is 1. The van der Waals surface area contributed by atoms with E-state index in [-0.39, 0.29) is 6.04 Å². The molecule has 2 aromatic rings. The van der Waals surface area contributed by atoms with E-state index >= 15 is 0 Å². The Bertz CT molecular complexity index is 766. The van der Waals surface area contributed by atoms with Crippen molar-refractivity contribution in [2.24, 2.45) is 5.92 Å². The van der Waals surface area contributed by atoms with Crippen LogP contribution in [0.4, 0.5) is 0 Å². The average molecular weight is 340 g/mol. The third-order valence-electron chi connectivity index (χ3n) is 6.16. The molecular weight excluding hydrogens is 312 g/mol. The first-order chi connectivity index (χ1) is 12.1. The lowest BCUT2D eigenvalue weighted by Gasteiger charge is -2.44. The summed E-state index contributed by atoms with van der Waals surface area (Å²) in [5.41, 5.74) is 3.09. The van der Waals surface area contributed by atoms with Crippen LogP contribution in [0.5, 0.6) is 0 Å². The molecule has 1 saturated heterocycles. The maximum Gasteiger partial charge on any atom is 0.224 e. The lowest BCUT2D eigenvalue weighted by atomic mass is 9.78. The van der Waals surface area contributed by atoms with Gasteiger partial charge in [-0.25, -0.2) is 4.68 Å². The van der Waals surface area contributed by atoms with Crippen molar-refractivity contribution in [3.8, 4) is 0 Å². The molecule has 134 valence electrons. The first-order valence-electron chi connectivity index (χ1n) is 9.75. The predicted octanol–water partition coefficient (Wildman–Crippen LogP) is 3.87. The fraction of sp³-hybridized carbons (Fsp3) is 0.650. The Hall–Kier alpha value is -1.91. The van der Waals surface area contributed by atoms with E-state index in [1.807, 2.05) is 29.8 Å². The molecule has 1 aliphatic heterocycles. The number of hydrogen-bond donors (Lipinski definition) is 0. The summed E-state index contributed by atoms with van der Waals surface area (Å²) in [5, 5.41) is 8.64. The number of benzene rings is 1. The first-order valence-corrected chi connectivity index (χ1v) is 9.75. The van der Waals surface area contributed by atoms with Crippen LogP contribution in [-0.2, 0) is 4.79 Å². The van der Waals surface area contributed by atoms with Crippen molar-refractivity contribution in [2.75, 3.05) is 6.54 Å². The Morgan fingerprint density at radius 3 is 2.92 bits per heavy atom. The van der Waals surface area contributed by atoms with Gasteiger partial charge in [-0.15, -0.1) is 5.10 Å². The summed E-state index contributed by atoms with van der Waals surface area (Å²) in [5.74, 6) is 1.03. The third kappa shape index (κ3) is 3.05. The molecule has 2 fully saturated rings. The van der Waals surface area contributed by atoms with Gasteiger partial charge in [-0.1, -0.05) is 30.2 Å². The molecule has 1 amide bonds. The number of carbonyl (C=O) groups is 1. The van der Waals surface area contributed by atoms with E-state index in [0.717, 1.165) is 35.5 Å². The van der Waals surface area contributed by atoms with Crippen molar-refractivity contribution in [1.29, 1.82) is 0 Å². The van der Waals surface area contributed by atoms with Crippen LogP contribution >= 0.6 is 0 Å². The molecule has 2 heterocycles. The topological polar surface area (TPSA) is 51.0 Å². The lowest BCUT2D eigenvalue weighted by Crippen LogP contribution is -2.50. The van der Waals surface area contributed by atoms with Crippen LogP contribution in [0.3, 0.4) is 0 Å². The highest BCUT2D eigenvalue weighted by Crippen LogP contribution is 2.36. The molecule has 1 aliphatic carbocycles. The average Bonchev–Trinajstić information content (AvgIpc) is 3.07. The quantitative estimate of drug-likeness (QED) is 0.852. The number of likely N-dealkylation sites (tertiary alicyclic amines) is 1. The largest absolute Gasteiger partial charge is 0.339 e. The molecule has 0 bridgehead atoms. The van der Waals surface area contributed by atoms with E-state index < -0.39 is 0 Å². The fourth-order valence-corrected chi connectivity index (χ4v) is 4.82. The van der Waals surface area contributed by atoms with Crippen molar-refractivity contribution < 1.29 is 4.79 Å². The standard InChI is InChI=1S/C20H28N4O/c1-14-7-5-11-18-20(14)21-22-24(18)15(2)13-19(25)23-12-6-9-16-8-3-4-10-17(16)23/h5,7,11,15-17H,3-4,6,8-10,12-13H2,1-2H3. The summed E-state index contributed by atoms with van der Waals surface area (Å²) in [6.45, 7) is 5.06. The highest BCUT2D eigenvalue weighted by atomic mass is 16.2. The number of amides is 1. The second kappa shape index (κ2) is 6.77. The number of carbonyl (C=O) groups excluding carboxylic acids is 1. The van der Waals surface area contributed by atoms with Gasteiger partial charge in [0, 0.05) is 19.0 Å². The van der Waals surface area contributed by atoms with Gasteiger partial charge in [-0.3, -0.25) is 4.79 Å². The molecule has 5 heteroatoms. The van der Waals surface area contributed by atoms with E-state index in [9.17, 15) is 4.79 Å². The van der Waals surface area contributed by atoms with Crippen LogP contribution in [0, 0.1) is 12.8 Å². The first kappa shape index (κ1) is 16.6. The zero-order valence-corrected chi connectivity index (χ0v) is 15.3. The van der Waals surface area contributed by atoms with Crippen molar-refractivity contribution in [2.45, 2.75) is 70.9 Å². The molecule has 25 heavy (non-hydrogen) atoms. The van der Waals surface area contributed by atoms with Crippen LogP contribution in [0.15, 0.2) is 18.2 Å². The van der Waals surface area contributed by atoms with Crippen LogP contribution < -0.4 is 0 Å². The molecule has 0 N–H and O–H groups in total. The maximum atomic E-state index is 13.0. The number of fused-ring (bicyclic) bond motifs is 2. The molecule has 3 unspecified atom stereocenters. The summed E-state index contributed by atoms with van der Waals surface area (Å²) in [4.78, 5) is 15.2. The van der Waals surface area contributed by atoms with Crippen LogP contribution in [0.25, 0.3) is 11.0 Å². The van der Waals surface area contributed by atoms with Crippen molar-refractivity contribution in [3.63, 3.8) is 0 Å². The summed E-state index contributed by atoms with van der Waals surface area (Å²) in [7, 11) is 0. The van der Waals surface area contributed by atoms with Crippen LogP contribution in [0.1, 0.15) is 63.5 Å². The van der Waals surface area contributed by atoms with E-state index in [4.69, 9.17) is 0 Å². The molecular formula is C20H28N4O. The number of aromatic nitrogens is 3. The molecule has 1 aromatic heterocycles. The van der Waals surface area contributed by atoms with Gasteiger partial charge in [0.15, 0.2) is 0 Å². The van der Waals surface area contributed by atoms with E-state index in [1.54, 1.807) is 0 Å². The third-order valence-corrected chi connectivity index (χ3v) is 6.16. The van der Waals surface area contributed by atoms with E-state index in [1.165, 1.54) is 32.1 Å². The second-order valence-corrected chi connectivity index (χ2v) is 7.87. The summed E-state index contributed by atoms with van der Waals surface area (Å²) >= 11 is 0. The Morgan fingerprint density at radius 1 is 1.24 bits per heavy atom. The van der Waals surface area contributed by atoms with Gasteiger partial charge in [0.1, 0.15) is 5.52 Å². The van der Waals surface area contributed by atoms with E-state index in [2.05, 4.69) is 22.1 Å². The zero-order chi connectivity index (χ0) is 17.4. The minimum atomic E-state index is 0.0308. The summed E-state index contributed by atoms with van der Waals surface area (Å²) in [6, 6.07) is 6.64. The SMILES string of the molecule is Cc1cccc2c1nnn2C(C)CC(=O)N1CCCC2CCCCC21. The smallest absolute Gasteiger partial charge is 0.224 e. The zero-order valence-electron chi connectivity index (χ0n) is 15.3. The predicted molar refractivity (Wildman–Crippen MR) is 98.3 cm³/mol. The molecule has 3 atom stereocenters. The lowest BCUT2D eigenvalue weighted by molar-refractivity contribution is -0.138. The number of rotatable bonds is 3. The Balaban J connectivity index is 1.50. The van der Waals surface area contributed by atoms with Crippen molar-refractivity contribution in [1.82, 2.24) is 19.9 Å². The summed E-state index contributed by atoms with van der Waals surface area (Å²) in [6.07, 6.45) is 8.07. The highest BCUT2D eigenvalue weighted by molar-refractivity contribution is 5.79. The Kier molecular flexibility index (Phi) is 4.48. The van der Waals surface area contributed by atoms with Gasteiger partial charge < -0.3 is 4.90 Å². The molecule has 4 rings (SSSR count). The highest BCUT2D eigenvalue weighted by Gasteiger charge is 2.36. The van der Waals surface area contributed by atoms with Gasteiger partial charge >= 0.3 is 0 Å². The molecule has 1 aromatic carbocycles. The molecule has 5 nitrogen and oxygen atoms in total. The van der Waals surface area contributed by atoms with Crippen molar-refractivity contribution >= 4 is 16.9 Å². The Labute approximate surface area is 149 Å². The van der Waals surface area contributed by atoms with Gasteiger partial charge in [0.2, 0.25) is 5.91 Å². The van der Waals surface area contributed by atoms with Gasteiger partial charge in [0.25, 0.3) is 0 Å². The Morgan fingerprint density at radius 2 is 2.04 bits per heavy atom. The molecule has 0 spiro atoms. The second-order valence-electron chi connectivity index (χ2n) is 7.87. The molecule has 0 radical (unpaired) electrons. The van der Waals surface area contributed by atoms with Crippen molar-refractivity contribution in [3.05, 3.63) is 23.8 Å². The number of aryl methyl sites for hydroxylation is 1. The van der Waals surface area contributed by atoms with Gasteiger partial charge in [-0.05, 0) is 57.1 Å². The minimum Gasteiger partial charge on any atom is -0.339 e. The van der Waals surface area contributed by atoms with Gasteiger partial charge in [-0.2, -0.15) is 0 Å². The van der Waals surface area contributed by atoms with E-state index in [0.29, 0.717) is 18.4 Å². The van der Waals surface area contributed by atoms with Gasteiger partial charge in [0.05, 0.1) is 11.6 Å². The normalized spacial score (nSPS) is 25.0. The maximum absolute atomic E-state index is 13.0. The molecule has 1 saturated carbocycles. The number of hydrogen-bond acceptors (Lipinski definition) is 3. The van der Waals surface area contributed by atoms with Crippen LogP contribution in [-0.4, -0.2) is 38.4 Å². The molecule has 2 aliphatic rings. The monoisotopic (exact) mass is 340 g/mol.